The van der Waals surface area contributed by atoms with Crippen LogP contribution >= 0.6 is 0 Å². The number of piperidine rings is 2. The molecule has 0 amide bonds. The lowest BCUT2D eigenvalue weighted by molar-refractivity contribution is 0.0893. The van der Waals surface area contributed by atoms with Gasteiger partial charge in [0.25, 0.3) is 0 Å². The second-order valence-corrected chi connectivity index (χ2v) is 9.60. The highest BCUT2D eigenvalue weighted by molar-refractivity contribution is 7.90. The molecule has 7 heteroatoms. The Labute approximate surface area is 151 Å². The highest BCUT2D eigenvalue weighted by Crippen LogP contribution is 2.28. The van der Waals surface area contributed by atoms with Crippen LogP contribution in [-0.4, -0.2) is 66.8 Å². The van der Waals surface area contributed by atoms with E-state index in [2.05, 4.69) is 4.90 Å². The summed E-state index contributed by atoms with van der Waals surface area (Å²) in [6, 6.07) is 0.487. The first-order valence-corrected chi connectivity index (χ1v) is 11.0. The van der Waals surface area contributed by atoms with Crippen LogP contribution < -0.4 is 5.73 Å². The molecule has 25 heavy (non-hydrogen) atoms. The Morgan fingerprint density at radius 3 is 2.40 bits per heavy atom. The molecule has 142 valence electrons. The first-order valence-electron chi connectivity index (χ1n) is 9.48. The van der Waals surface area contributed by atoms with E-state index in [1.54, 1.807) is 10.4 Å². The van der Waals surface area contributed by atoms with Crippen LogP contribution in [-0.2, 0) is 10.0 Å². The molecule has 2 saturated heterocycles. The predicted molar refractivity (Wildman–Crippen MR) is 99.3 cm³/mol. The fourth-order valence-corrected chi connectivity index (χ4v) is 6.21. The van der Waals surface area contributed by atoms with Gasteiger partial charge in [-0.05, 0) is 63.6 Å². The van der Waals surface area contributed by atoms with Gasteiger partial charge in [-0.25, -0.2) is 12.7 Å². The van der Waals surface area contributed by atoms with Crippen molar-refractivity contribution in [3.05, 3.63) is 23.9 Å². The predicted octanol–water partition coefficient (Wildman–Crippen LogP) is 1.05. The van der Waals surface area contributed by atoms with Crippen molar-refractivity contribution in [2.75, 3.05) is 32.8 Å². The van der Waals surface area contributed by atoms with Crippen LogP contribution in [0.4, 0.5) is 0 Å². The second-order valence-electron chi connectivity index (χ2n) is 7.49. The van der Waals surface area contributed by atoms with Gasteiger partial charge in [0, 0.05) is 31.4 Å². The van der Waals surface area contributed by atoms with Crippen LogP contribution in [0.15, 0.2) is 23.9 Å². The number of likely N-dealkylation sites (tertiary alicyclic amines) is 1. The van der Waals surface area contributed by atoms with Crippen LogP contribution in [0.1, 0.15) is 38.5 Å². The van der Waals surface area contributed by atoms with E-state index < -0.39 is 15.3 Å². The zero-order chi connectivity index (χ0) is 17.9. The van der Waals surface area contributed by atoms with Crippen molar-refractivity contribution in [2.24, 2.45) is 11.7 Å². The molecule has 2 fully saturated rings. The number of rotatable bonds is 5. The summed E-state index contributed by atoms with van der Waals surface area (Å²) in [7, 11) is -3.36. The highest BCUT2D eigenvalue weighted by Gasteiger charge is 2.37. The number of nitrogens with zero attached hydrogens (tertiary/aromatic N) is 2. The molecular weight excluding hydrogens is 338 g/mol. The summed E-state index contributed by atoms with van der Waals surface area (Å²) < 4.78 is 27.4. The quantitative estimate of drug-likeness (QED) is 0.756. The van der Waals surface area contributed by atoms with Crippen molar-refractivity contribution in [1.82, 2.24) is 9.21 Å². The summed E-state index contributed by atoms with van der Waals surface area (Å²) in [5.41, 5.74) is 6.39. The van der Waals surface area contributed by atoms with Gasteiger partial charge >= 0.3 is 0 Å². The number of sulfonamides is 1. The number of hydrogen-bond acceptors (Lipinski definition) is 5. The van der Waals surface area contributed by atoms with Gasteiger partial charge < -0.3 is 15.7 Å². The van der Waals surface area contributed by atoms with Gasteiger partial charge in [0.05, 0.1) is 0 Å². The van der Waals surface area contributed by atoms with E-state index in [-0.39, 0.29) is 6.61 Å². The molecule has 0 saturated carbocycles. The minimum atomic E-state index is -3.36. The van der Waals surface area contributed by atoms with Crippen molar-refractivity contribution < 1.29 is 13.5 Å². The average Bonchev–Trinajstić information content (AvgIpc) is 2.63. The topological polar surface area (TPSA) is 86.9 Å². The third-order valence-electron chi connectivity index (χ3n) is 5.99. The summed E-state index contributed by atoms with van der Waals surface area (Å²) in [5, 5.41) is 8.48. The Morgan fingerprint density at radius 1 is 1.12 bits per heavy atom. The summed E-state index contributed by atoms with van der Waals surface area (Å²) >= 11 is 0. The summed E-state index contributed by atoms with van der Waals surface area (Å²) in [6.45, 7) is 3.62. The Morgan fingerprint density at radius 2 is 1.80 bits per heavy atom. The molecule has 1 atom stereocenters. The molecule has 0 aromatic rings. The van der Waals surface area contributed by atoms with E-state index in [9.17, 15) is 8.42 Å². The maximum Gasteiger partial charge on any atom is 0.222 e. The first-order chi connectivity index (χ1) is 12.0. The summed E-state index contributed by atoms with van der Waals surface area (Å²) in [6.07, 6.45) is 10.9. The molecule has 3 aliphatic rings. The minimum Gasteiger partial charge on any atom is -0.401 e. The SMILES string of the molecule is NC1=CC=CCC1S(=O)(=O)N1CCC(N2CCC(CCO)CC2)CC1. The maximum atomic E-state index is 12.9. The molecule has 2 heterocycles. The third kappa shape index (κ3) is 4.27. The molecule has 3 rings (SSSR count). The van der Waals surface area contributed by atoms with E-state index in [0.717, 1.165) is 45.2 Å². The van der Waals surface area contributed by atoms with Gasteiger partial charge in [0.2, 0.25) is 10.0 Å². The molecule has 0 radical (unpaired) electrons. The molecule has 6 nitrogen and oxygen atoms in total. The van der Waals surface area contributed by atoms with Gasteiger partial charge in [-0.1, -0.05) is 12.2 Å². The Balaban J connectivity index is 1.52. The summed E-state index contributed by atoms with van der Waals surface area (Å²) in [5.74, 6) is 0.649. The second kappa shape index (κ2) is 8.20. The van der Waals surface area contributed by atoms with Crippen LogP contribution in [0.5, 0.6) is 0 Å². The van der Waals surface area contributed by atoms with E-state index in [4.69, 9.17) is 10.8 Å². The van der Waals surface area contributed by atoms with Gasteiger partial charge in [0.15, 0.2) is 0 Å². The van der Waals surface area contributed by atoms with Gasteiger partial charge in [0.1, 0.15) is 5.25 Å². The number of hydrogen-bond donors (Lipinski definition) is 2. The molecule has 0 bridgehead atoms. The lowest BCUT2D eigenvalue weighted by atomic mass is 9.92. The molecule has 0 spiro atoms. The van der Waals surface area contributed by atoms with Gasteiger partial charge in [-0.3, -0.25) is 0 Å². The smallest absolute Gasteiger partial charge is 0.222 e. The third-order valence-corrected chi connectivity index (χ3v) is 8.26. The Hall–Kier alpha value is -0.890. The molecular formula is C18H31N3O3S. The fraction of sp³-hybridized carbons (Fsp3) is 0.778. The van der Waals surface area contributed by atoms with Crippen molar-refractivity contribution in [3.63, 3.8) is 0 Å². The zero-order valence-electron chi connectivity index (χ0n) is 14.9. The minimum absolute atomic E-state index is 0.287. The lowest BCUT2D eigenvalue weighted by Gasteiger charge is -2.42. The largest absolute Gasteiger partial charge is 0.401 e. The van der Waals surface area contributed by atoms with Gasteiger partial charge in [-0.2, -0.15) is 0 Å². The molecule has 3 N–H and O–H groups in total. The molecule has 1 unspecified atom stereocenters. The monoisotopic (exact) mass is 369 g/mol. The number of nitrogens with two attached hydrogens (primary N) is 1. The van der Waals surface area contributed by atoms with Crippen LogP contribution in [0.3, 0.4) is 0 Å². The molecule has 2 aliphatic heterocycles. The van der Waals surface area contributed by atoms with E-state index >= 15 is 0 Å². The Kier molecular flexibility index (Phi) is 6.20. The zero-order valence-corrected chi connectivity index (χ0v) is 15.7. The van der Waals surface area contributed by atoms with Crippen molar-refractivity contribution >= 4 is 10.0 Å². The average molecular weight is 370 g/mol. The summed E-state index contributed by atoms with van der Waals surface area (Å²) in [4.78, 5) is 2.52. The first kappa shape index (κ1) is 18.9. The van der Waals surface area contributed by atoms with E-state index in [0.29, 0.717) is 37.2 Å². The van der Waals surface area contributed by atoms with Crippen molar-refractivity contribution in [3.8, 4) is 0 Å². The maximum absolute atomic E-state index is 12.9. The lowest BCUT2D eigenvalue weighted by Crippen LogP contribution is -2.51. The van der Waals surface area contributed by atoms with Crippen molar-refractivity contribution in [2.45, 2.75) is 49.8 Å². The standard InChI is InChI=1S/C18H31N3O3S/c19-17-3-1-2-4-18(17)25(23,24)21-12-7-16(8-13-21)20-10-5-15(6-11-20)9-14-22/h1-3,15-16,18,22H,4-14,19H2. The normalized spacial score (nSPS) is 28.2. The van der Waals surface area contributed by atoms with E-state index in [1.165, 1.54) is 0 Å². The number of aliphatic hydroxyl groups excluding tert-OH is 1. The highest BCUT2D eigenvalue weighted by atomic mass is 32.2. The Bertz CT molecular complexity index is 601. The molecule has 0 aromatic carbocycles. The van der Waals surface area contributed by atoms with Crippen LogP contribution in [0, 0.1) is 5.92 Å². The number of aliphatic hydroxyl groups is 1. The fourth-order valence-electron chi connectivity index (χ4n) is 4.35. The number of allylic oxidation sites excluding steroid dienone is 3. The van der Waals surface area contributed by atoms with Crippen molar-refractivity contribution in [1.29, 1.82) is 0 Å². The molecule has 1 aliphatic carbocycles. The van der Waals surface area contributed by atoms with E-state index in [1.807, 2.05) is 12.2 Å². The van der Waals surface area contributed by atoms with Crippen LogP contribution in [0.2, 0.25) is 0 Å². The van der Waals surface area contributed by atoms with Gasteiger partial charge in [-0.15, -0.1) is 0 Å². The van der Waals surface area contributed by atoms with Crippen LogP contribution in [0.25, 0.3) is 0 Å². The molecule has 0 aromatic heterocycles.